The highest BCUT2D eigenvalue weighted by Crippen LogP contribution is 2.42. The Morgan fingerprint density at radius 2 is 2.11 bits per heavy atom. The van der Waals surface area contributed by atoms with Crippen LogP contribution in [-0.4, -0.2) is 22.2 Å². The number of phenols is 1. The molecule has 5 nitrogen and oxygen atoms in total. The number of H-pyrrole nitrogens is 1. The quantitative estimate of drug-likeness (QED) is 0.470. The maximum absolute atomic E-state index is 12.9. The highest BCUT2D eigenvalue weighted by Gasteiger charge is 2.31. The van der Waals surface area contributed by atoms with Gasteiger partial charge in [0, 0.05) is 10.4 Å². The van der Waals surface area contributed by atoms with Gasteiger partial charge in [-0.1, -0.05) is 20.8 Å². The zero-order valence-electron chi connectivity index (χ0n) is 16.4. The van der Waals surface area contributed by atoms with Gasteiger partial charge in [0.1, 0.15) is 10.7 Å². The Bertz CT molecular complexity index is 1130. The molecule has 1 aromatic carbocycles. The van der Waals surface area contributed by atoms with Crippen LogP contribution in [0.15, 0.2) is 16.9 Å². The molecule has 0 fully saturated rings. The molecule has 1 atom stereocenters. The molecule has 0 saturated heterocycles. The van der Waals surface area contributed by atoms with Crippen molar-refractivity contribution in [2.75, 3.05) is 7.11 Å². The summed E-state index contributed by atoms with van der Waals surface area (Å²) in [5.41, 5.74) is 2.07. The number of aromatic hydroxyl groups is 1. The highest BCUT2D eigenvalue weighted by molar-refractivity contribution is 14.1. The average Bonchev–Trinajstić information content (AvgIpc) is 3.01. The van der Waals surface area contributed by atoms with Gasteiger partial charge in [-0.25, -0.2) is 4.98 Å². The minimum absolute atomic E-state index is 0.0891. The number of aromatic nitrogens is 2. The van der Waals surface area contributed by atoms with Crippen molar-refractivity contribution in [2.45, 2.75) is 40.0 Å². The van der Waals surface area contributed by atoms with Crippen molar-refractivity contribution in [1.29, 1.82) is 0 Å². The number of ether oxygens (including phenoxy) is 1. The number of methoxy groups -OCH3 is 1. The lowest BCUT2D eigenvalue weighted by Crippen LogP contribution is -2.26. The standard InChI is InChI=1S/C21H23IN2O3S/c1-21(2,3)11-5-6-12-15(9-11)28-20-16(12)19(26)23-18(24-20)10-7-13(22)17(25)14(8-10)27-4/h7-8,11,25H,5-6,9H2,1-4H3,(H,23,24,26). The zero-order valence-corrected chi connectivity index (χ0v) is 19.3. The number of thiophene rings is 1. The molecule has 28 heavy (non-hydrogen) atoms. The van der Waals surface area contributed by atoms with Crippen LogP contribution in [0.4, 0.5) is 0 Å². The van der Waals surface area contributed by atoms with Crippen molar-refractivity contribution in [1.82, 2.24) is 9.97 Å². The van der Waals surface area contributed by atoms with E-state index in [4.69, 9.17) is 9.72 Å². The van der Waals surface area contributed by atoms with Crippen LogP contribution in [0.25, 0.3) is 21.6 Å². The van der Waals surface area contributed by atoms with Gasteiger partial charge in [0.15, 0.2) is 11.5 Å². The second-order valence-corrected chi connectivity index (χ2v) is 10.7. The average molecular weight is 510 g/mol. The summed E-state index contributed by atoms with van der Waals surface area (Å²) in [5, 5.41) is 10.8. The summed E-state index contributed by atoms with van der Waals surface area (Å²) in [6.07, 6.45) is 3.06. The smallest absolute Gasteiger partial charge is 0.260 e. The third-order valence-corrected chi connectivity index (χ3v) is 7.64. The second-order valence-electron chi connectivity index (χ2n) is 8.41. The summed E-state index contributed by atoms with van der Waals surface area (Å²) in [5.74, 6) is 1.58. The number of halogens is 1. The van der Waals surface area contributed by atoms with Crippen molar-refractivity contribution in [3.8, 4) is 22.9 Å². The molecule has 2 heterocycles. The third kappa shape index (κ3) is 3.32. The molecule has 0 saturated carbocycles. The molecule has 0 aliphatic heterocycles. The van der Waals surface area contributed by atoms with Gasteiger partial charge in [-0.3, -0.25) is 4.79 Å². The van der Waals surface area contributed by atoms with E-state index in [1.54, 1.807) is 23.5 Å². The maximum Gasteiger partial charge on any atom is 0.260 e. The predicted molar refractivity (Wildman–Crippen MR) is 122 cm³/mol. The summed E-state index contributed by atoms with van der Waals surface area (Å²) < 4.78 is 5.89. The summed E-state index contributed by atoms with van der Waals surface area (Å²) in [6.45, 7) is 6.87. The molecular formula is C21H23IN2O3S. The van der Waals surface area contributed by atoms with Crippen molar-refractivity contribution in [3.63, 3.8) is 0 Å². The minimum Gasteiger partial charge on any atom is -0.504 e. The Kier molecular flexibility index (Phi) is 4.94. The predicted octanol–water partition coefficient (Wildman–Crippen LogP) is 5.12. The summed E-state index contributed by atoms with van der Waals surface area (Å²) in [6, 6.07) is 3.50. The van der Waals surface area contributed by atoms with E-state index < -0.39 is 0 Å². The van der Waals surface area contributed by atoms with E-state index >= 15 is 0 Å². The van der Waals surface area contributed by atoms with Gasteiger partial charge in [-0.05, 0) is 70.9 Å². The molecule has 1 aliphatic carbocycles. The molecule has 7 heteroatoms. The number of aromatic amines is 1. The number of aryl methyl sites for hydroxylation is 1. The van der Waals surface area contributed by atoms with Crippen LogP contribution >= 0.6 is 33.9 Å². The van der Waals surface area contributed by atoms with E-state index in [0.29, 0.717) is 21.1 Å². The van der Waals surface area contributed by atoms with E-state index in [1.807, 2.05) is 22.6 Å². The molecule has 3 aromatic rings. The number of benzene rings is 1. The number of nitrogens with one attached hydrogen (secondary N) is 1. The van der Waals surface area contributed by atoms with Gasteiger partial charge < -0.3 is 14.8 Å². The van der Waals surface area contributed by atoms with Crippen LogP contribution in [0.5, 0.6) is 11.5 Å². The van der Waals surface area contributed by atoms with Gasteiger partial charge in [-0.15, -0.1) is 11.3 Å². The van der Waals surface area contributed by atoms with Crippen molar-refractivity contribution < 1.29 is 9.84 Å². The van der Waals surface area contributed by atoms with Crippen molar-refractivity contribution in [2.24, 2.45) is 11.3 Å². The largest absolute Gasteiger partial charge is 0.504 e. The molecule has 0 spiro atoms. The summed E-state index contributed by atoms with van der Waals surface area (Å²) >= 11 is 3.69. The normalized spacial score (nSPS) is 17.0. The molecule has 0 radical (unpaired) electrons. The first-order valence-electron chi connectivity index (χ1n) is 9.30. The van der Waals surface area contributed by atoms with Gasteiger partial charge in [0.25, 0.3) is 5.56 Å². The third-order valence-electron chi connectivity index (χ3n) is 5.67. The maximum atomic E-state index is 12.9. The van der Waals surface area contributed by atoms with Crippen LogP contribution in [0.2, 0.25) is 0 Å². The molecule has 0 bridgehead atoms. The number of phenolic OH excluding ortho intramolecular Hbond substituents is 1. The number of fused-ring (bicyclic) bond motifs is 3. The Morgan fingerprint density at radius 3 is 2.79 bits per heavy atom. The van der Waals surface area contributed by atoms with Gasteiger partial charge >= 0.3 is 0 Å². The molecular weight excluding hydrogens is 487 g/mol. The summed E-state index contributed by atoms with van der Waals surface area (Å²) in [4.78, 5) is 22.7. The molecule has 0 amide bonds. The van der Waals surface area contributed by atoms with Crippen LogP contribution in [0.3, 0.4) is 0 Å². The number of nitrogens with zero attached hydrogens (tertiary/aromatic N) is 1. The SMILES string of the molecule is COc1cc(-c2nc3sc4c(c3c(=O)[nH]2)CCC(C(C)(C)C)C4)cc(I)c1O. The van der Waals surface area contributed by atoms with Crippen LogP contribution in [-0.2, 0) is 12.8 Å². The Hall–Kier alpha value is -1.61. The lowest BCUT2D eigenvalue weighted by atomic mass is 9.72. The van der Waals surface area contributed by atoms with Crippen LogP contribution in [0.1, 0.15) is 37.6 Å². The number of hydrogen-bond donors (Lipinski definition) is 2. The molecule has 1 unspecified atom stereocenters. The first-order valence-corrected chi connectivity index (χ1v) is 11.2. The zero-order chi connectivity index (χ0) is 20.2. The molecule has 1 aliphatic rings. The van der Waals surface area contributed by atoms with E-state index in [2.05, 4.69) is 25.8 Å². The Balaban J connectivity index is 1.83. The van der Waals surface area contributed by atoms with Crippen LogP contribution < -0.4 is 10.3 Å². The van der Waals surface area contributed by atoms with Gasteiger partial charge in [-0.2, -0.15) is 0 Å². The molecule has 2 N–H and O–H groups in total. The monoisotopic (exact) mass is 510 g/mol. The molecule has 148 valence electrons. The minimum atomic E-state index is -0.0891. The van der Waals surface area contributed by atoms with Crippen LogP contribution in [0, 0.1) is 14.9 Å². The van der Waals surface area contributed by atoms with Crippen molar-refractivity contribution in [3.05, 3.63) is 36.5 Å². The fourth-order valence-corrected chi connectivity index (χ4v) is 5.83. The fourth-order valence-electron chi connectivity index (χ4n) is 3.93. The fraction of sp³-hybridized carbons (Fsp3) is 0.429. The number of hydrogen-bond acceptors (Lipinski definition) is 5. The van der Waals surface area contributed by atoms with Crippen molar-refractivity contribution >= 4 is 44.1 Å². The van der Waals surface area contributed by atoms with Gasteiger partial charge in [0.2, 0.25) is 0 Å². The highest BCUT2D eigenvalue weighted by atomic mass is 127. The van der Waals surface area contributed by atoms with Gasteiger partial charge in [0.05, 0.1) is 16.1 Å². The summed E-state index contributed by atoms with van der Waals surface area (Å²) in [7, 11) is 1.51. The lowest BCUT2D eigenvalue weighted by molar-refractivity contribution is 0.218. The Morgan fingerprint density at radius 1 is 1.36 bits per heavy atom. The number of rotatable bonds is 2. The lowest BCUT2D eigenvalue weighted by Gasteiger charge is -2.33. The van der Waals surface area contributed by atoms with E-state index in [1.165, 1.54) is 17.6 Å². The Labute approximate surface area is 181 Å². The molecule has 4 rings (SSSR count). The topological polar surface area (TPSA) is 75.2 Å². The van der Waals surface area contributed by atoms with E-state index in [9.17, 15) is 9.90 Å². The first kappa shape index (κ1) is 19.7. The van der Waals surface area contributed by atoms with E-state index in [0.717, 1.165) is 35.0 Å². The molecule has 2 aromatic heterocycles. The second kappa shape index (κ2) is 7.02. The first-order chi connectivity index (χ1) is 13.2. The van der Waals surface area contributed by atoms with E-state index in [-0.39, 0.29) is 16.7 Å².